The third-order valence-corrected chi connectivity index (χ3v) is 3.59. The summed E-state index contributed by atoms with van der Waals surface area (Å²) in [6.07, 6.45) is 0.521. The van der Waals surface area contributed by atoms with E-state index in [-0.39, 0.29) is 5.91 Å². The molecule has 2 rings (SSSR count). The van der Waals surface area contributed by atoms with E-state index in [1.54, 1.807) is 4.90 Å². The third kappa shape index (κ3) is 3.41. The molecule has 1 aromatic carbocycles. The number of nitrogens with zero attached hydrogens (tertiary/aromatic N) is 2. The van der Waals surface area contributed by atoms with E-state index in [9.17, 15) is 4.79 Å². The third-order valence-electron chi connectivity index (χ3n) is 2.64. The van der Waals surface area contributed by atoms with Gasteiger partial charge in [0.2, 0.25) is 5.91 Å². The average molecular weight is 274 g/mol. The summed E-state index contributed by atoms with van der Waals surface area (Å²) in [5.74, 6) is 0.426. The molecule has 0 spiro atoms. The largest absolute Gasteiger partial charge is 0.274 e. The highest BCUT2D eigenvalue weighted by Gasteiger charge is 2.21. The van der Waals surface area contributed by atoms with E-state index in [2.05, 4.69) is 4.98 Å². The standard InChI is InChI=1S/C15H18N2OS/c1-11(2)9-14(18)17(13-7-5-4-6-8-13)15-16-12(3)10-19-15/h4-8,10-11H,9H2,1-3H3. The summed E-state index contributed by atoms with van der Waals surface area (Å²) in [6.45, 7) is 6.04. The lowest BCUT2D eigenvalue weighted by molar-refractivity contribution is -0.118. The molecular formula is C15H18N2OS. The molecule has 0 aliphatic carbocycles. The molecule has 1 amide bonds. The van der Waals surface area contributed by atoms with Crippen LogP contribution in [0.4, 0.5) is 10.8 Å². The van der Waals surface area contributed by atoms with Gasteiger partial charge in [0, 0.05) is 11.8 Å². The molecule has 0 fully saturated rings. The molecular weight excluding hydrogens is 256 g/mol. The van der Waals surface area contributed by atoms with Crippen LogP contribution in [0.1, 0.15) is 26.0 Å². The van der Waals surface area contributed by atoms with Crippen molar-refractivity contribution in [3.8, 4) is 0 Å². The average Bonchev–Trinajstić information content (AvgIpc) is 2.76. The molecule has 3 nitrogen and oxygen atoms in total. The van der Waals surface area contributed by atoms with Crippen molar-refractivity contribution in [2.75, 3.05) is 4.90 Å². The van der Waals surface area contributed by atoms with Gasteiger partial charge in [-0.1, -0.05) is 32.0 Å². The summed E-state index contributed by atoms with van der Waals surface area (Å²) < 4.78 is 0. The van der Waals surface area contributed by atoms with E-state index in [1.807, 2.05) is 56.5 Å². The predicted molar refractivity (Wildman–Crippen MR) is 79.9 cm³/mol. The number of thiazole rings is 1. The number of anilines is 2. The number of hydrogen-bond acceptors (Lipinski definition) is 3. The summed E-state index contributed by atoms with van der Waals surface area (Å²) >= 11 is 1.50. The highest BCUT2D eigenvalue weighted by atomic mass is 32.1. The van der Waals surface area contributed by atoms with Crippen LogP contribution in [0.3, 0.4) is 0 Å². The molecule has 1 heterocycles. The molecule has 0 bridgehead atoms. The monoisotopic (exact) mass is 274 g/mol. The normalized spacial score (nSPS) is 10.7. The van der Waals surface area contributed by atoms with Gasteiger partial charge in [-0.2, -0.15) is 0 Å². The maximum Gasteiger partial charge on any atom is 0.233 e. The molecule has 19 heavy (non-hydrogen) atoms. The van der Waals surface area contributed by atoms with Crippen molar-refractivity contribution >= 4 is 28.1 Å². The fourth-order valence-corrected chi connectivity index (χ4v) is 2.66. The molecule has 0 unspecified atom stereocenters. The fourth-order valence-electron chi connectivity index (χ4n) is 1.82. The summed E-state index contributed by atoms with van der Waals surface area (Å²) in [4.78, 5) is 18.6. The number of para-hydroxylation sites is 1. The Morgan fingerprint density at radius 2 is 2.00 bits per heavy atom. The Morgan fingerprint density at radius 3 is 2.53 bits per heavy atom. The smallest absolute Gasteiger partial charge is 0.233 e. The molecule has 0 aliphatic rings. The number of carbonyl (C=O) groups excluding carboxylic acids is 1. The van der Waals surface area contributed by atoms with Gasteiger partial charge in [-0.25, -0.2) is 4.98 Å². The minimum atomic E-state index is 0.0931. The van der Waals surface area contributed by atoms with Gasteiger partial charge in [0.15, 0.2) is 5.13 Å². The van der Waals surface area contributed by atoms with Crippen molar-refractivity contribution in [2.24, 2.45) is 5.92 Å². The van der Waals surface area contributed by atoms with Crippen LogP contribution in [0.5, 0.6) is 0 Å². The van der Waals surface area contributed by atoms with E-state index in [0.717, 1.165) is 16.5 Å². The van der Waals surface area contributed by atoms with Crippen LogP contribution in [0.25, 0.3) is 0 Å². The van der Waals surface area contributed by atoms with E-state index in [0.29, 0.717) is 12.3 Å². The minimum absolute atomic E-state index is 0.0931. The molecule has 0 N–H and O–H groups in total. The van der Waals surface area contributed by atoms with Gasteiger partial charge in [-0.05, 0) is 25.0 Å². The number of rotatable bonds is 4. The molecule has 4 heteroatoms. The van der Waals surface area contributed by atoms with Crippen LogP contribution in [-0.2, 0) is 4.79 Å². The quantitative estimate of drug-likeness (QED) is 0.838. The van der Waals surface area contributed by atoms with Gasteiger partial charge >= 0.3 is 0 Å². The molecule has 0 saturated heterocycles. The minimum Gasteiger partial charge on any atom is -0.274 e. The zero-order valence-corrected chi connectivity index (χ0v) is 12.3. The van der Waals surface area contributed by atoms with Gasteiger partial charge < -0.3 is 0 Å². The topological polar surface area (TPSA) is 33.2 Å². The van der Waals surface area contributed by atoms with Crippen LogP contribution in [0.2, 0.25) is 0 Å². The second kappa shape index (κ2) is 5.97. The Hall–Kier alpha value is -1.68. The maximum atomic E-state index is 12.5. The molecule has 1 aromatic heterocycles. The maximum absolute atomic E-state index is 12.5. The lowest BCUT2D eigenvalue weighted by atomic mass is 10.1. The second-order valence-corrected chi connectivity index (χ2v) is 5.77. The second-order valence-electron chi connectivity index (χ2n) is 4.93. The number of aromatic nitrogens is 1. The van der Waals surface area contributed by atoms with Crippen LogP contribution in [-0.4, -0.2) is 10.9 Å². The van der Waals surface area contributed by atoms with E-state index in [4.69, 9.17) is 0 Å². The molecule has 2 aromatic rings. The lowest BCUT2D eigenvalue weighted by Gasteiger charge is -2.20. The number of amides is 1. The van der Waals surface area contributed by atoms with Gasteiger partial charge in [0.1, 0.15) is 0 Å². The van der Waals surface area contributed by atoms with Crippen LogP contribution in [0, 0.1) is 12.8 Å². The zero-order valence-electron chi connectivity index (χ0n) is 11.5. The number of aryl methyl sites for hydroxylation is 1. The predicted octanol–water partition coefficient (Wildman–Crippen LogP) is 4.16. The fraction of sp³-hybridized carbons (Fsp3) is 0.333. The highest BCUT2D eigenvalue weighted by molar-refractivity contribution is 7.14. The van der Waals surface area contributed by atoms with Gasteiger partial charge in [0.05, 0.1) is 11.4 Å². The first-order chi connectivity index (χ1) is 9.08. The molecule has 100 valence electrons. The molecule has 0 saturated carbocycles. The Bertz CT molecular complexity index is 548. The van der Waals surface area contributed by atoms with Crippen LogP contribution < -0.4 is 4.90 Å². The Kier molecular flexibility index (Phi) is 4.32. The SMILES string of the molecule is Cc1csc(N(C(=O)CC(C)C)c2ccccc2)n1. The van der Waals surface area contributed by atoms with Crippen LogP contribution in [0.15, 0.2) is 35.7 Å². The van der Waals surface area contributed by atoms with Crippen molar-refractivity contribution in [3.63, 3.8) is 0 Å². The highest BCUT2D eigenvalue weighted by Crippen LogP contribution is 2.29. The number of hydrogen-bond donors (Lipinski definition) is 0. The van der Waals surface area contributed by atoms with Crippen LogP contribution >= 0.6 is 11.3 Å². The summed E-state index contributed by atoms with van der Waals surface area (Å²) in [5, 5.41) is 2.71. The molecule has 0 aliphatic heterocycles. The Morgan fingerprint density at radius 1 is 1.32 bits per heavy atom. The van der Waals surface area contributed by atoms with Crippen molar-refractivity contribution in [1.29, 1.82) is 0 Å². The van der Waals surface area contributed by atoms with E-state index >= 15 is 0 Å². The summed E-state index contributed by atoms with van der Waals surface area (Å²) in [5.41, 5.74) is 1.82. The van der Waals surface area contributed by atoms with Gasteiger partial charge in [0.25, 0.3) is 0 Å². The molecule has 0 atom stereocenters. The van der Waals surface area contributed by atoms with Crippen molar-refractivity contribution in [3.05, 3.63) is 41.4 Å². The van der Waals surface area contributed by atoms with Crippen molar-refractivity contribution in [1.82, 2.24) is 4.98 Å². The van der Waals surface area contributed by atoms with Gasteiger partial charge in [-0.15, -0.1) is 11.3 Å². The van der Waals surface area contributed by atoms with E-state index in [1.165, 1.54) is 11.3 Å². The summed E-state index contributed by atoms with van der Waals surface area (Å²) in [6, 6.07) is 9.70. The first-order valence-corrected chi connectivity index (χ1v) is 7.26. The number of benzene rings is 1. The van der Waals surface area contributed by atoms with Crippen molar-refractivity contribution in [2.45, 2.75) is 27.2 Å². The first kappa shape index (κ1) is 13.7. The lowest BCUT2D eigenvalue weighted by Crippen LogP contribution is -2.26. The zero-order chi connectivity index (χ0) is 13.8. The number of carbonyl (C=O) groups is 1. The Balaban J connectivity index is 2.36. The summed E-state index contributed by atoms with van der Waals surface area (Å²) in [7, 11) is 0. The van der Waals surface area contributed by atoms with Gasteiger partial charge in [-0.3, -0.25) is 9.69 Å². The first-order valence-electron chi connectivity index (χ1n) is 6.38. The molecule has 0 radical (unpaired) electrons. The van der Waals surface area contributed by atoms with E-state index < -0.39 is 0 Å². The van der Waals surface area contributed by atoms with Crippen molar-refractivity contribution < 1.29 is 4.79 Å². The Labute approximate surface area is 117 Å².